The van der Waals surface area contributed by atoms with Crippen molar-refractivity contribution in [2.75, 3.05) is 7.11 Å². The molecule has 4 nitrogen and oxygen atoms in total. The molecule has 1 N–H and O–H groups in total. The van der Waals surface area contributed by atoms with E-state index in [4.69, 9.17) is 4.74 Å². The molecule has 128 valence electrons. The molecule has 0 aliphatic rings. The van der Waals surface area contributed by atoms with Gasteiger partial charge in [0.15, 0.2) is 0 Å². The predicted molar refractivity (Wildman–Crippen MR) is 86.6 cm³/mol. The van der Waals surface area contributed by atoms with E-state index < -0.39 is 12.7 Å². The number of rotatable bonds is 7. The maximum Gasteiger partial charge on any atom is 0.387 e. The molecule has 1 atom stereocenters. The lowest BCUT2D eigenvalue weighted by Crippen LogP contribution is -2.28. The van der Waals surface area contributed by atoms with Gasteiger partial charge in [-0.25, -0.2) is 0 Å². The fourth-order valence-corrected chi connectivity index (χ4v) is 2.38. The van der Waals surface area contributed by atoms with Crippen LogP contribution in [0.2, 0.25) is 0 Å². The van der Waals surface area contributed by atoms with E-state index in [-0.39, 0.29) is 11.7 Å². The highest BCUT2D eigenvalue weighted by Gasteiger charge is 2.19. The molecule has 2 rings (SSSR count). The number of hydrogen-bond acceptors (Lipinski definition) is 3. The van der Waals surface area contributed by atoms with E-state index in [1.165, 1.54) is 13.2 Å². The third-order valence-electron chi connectivity index (χ3n) is 3.56. The molecule has 0 aromatic heterocycles. The minimum atomic E-state index is -2.92. The molecule has 24 heavy (non-hydrogen) atoms. The van der Waals surface area contributed by atoms with Gasteiger partial charge in [0.2, 0.25) is 0 Å². The molecular weight excluding hydrogens is 316 g/mol. The quantitative estimate of drug-likeness (QED) is 0.826. The lowest BCUT2D eigenvalue weighted by molar-refractivity contribution is -0.0506. The molecule has 0 saturated carbocycles. The Morgan fingerprint density at radius 3 is 2.58 bits per heavy atom. The van der Waals surface area contributed by atoms with Crippen molar-refractivity contribution in [3.63, 3.8) is 0 Å². The highest BCUT2D eigenvalue weighted by atomic mass is 19.3. The second kappa shape index (κ2) is 8.29. The van der Waals surface area contributed by atoms with Crippen LogP contribution < -0.4 is 14.8 Å². The van der Waals surface area contributed by atoms with Gasteiger partial charge >= 0.3 is 6.61 Å². The summed E-state index contributed by atoms with van der Waals surface area (Å²) in [5.74, 6) is 0.315. The summed E-state index contributed by atoms with van der Waals surface area (Å²) >= 11 is 0. The van der Waals surface area contributed by atoms with Gasteiger partial charge in [0.05, 0.1) is 13.2 Å². The van der Waals surface area contributed by atoms with E-state index in [1.54, 1.807) is 42.5 Å². The summed E-state index contributed by atoms with van der Waals surface area (Å²) in [7, 11) is 1.52. The number of amides is 1. The number of methoxy groups -OCH3 is 1. The van der Waals surface area contributed by atoms with E-state index in [1.807, 2.05) is 6.92 Å². The summed E-state index contributed by atoms with van der Waals surface area (Å²) in [6.45, 7) is -1.06. The van der Waals surface area contributed by atoms with Gasteiger partial charge in [-0.1, -0.05) is 31.2 Å². The van der Waals surface area contributed by atoms with Crippen molar-refractivity contribution in [1.82, 2.24) is 5.32 Å². The van der Waals surface area contributed by atoms with Gasteiger partial charge in [-0.2, -0.15) is 8.78 Å². The van der Waals surface area contributed by atoms with Crippen molar-refractivity contribution in [2.45, 2.75) is 26.0 Å². The van der Waals surface area contributed by atoms with Crippen LogP contribution in [0.1, 0.15) is 35.3 Å². The standard InChI is InChI=1S/C18H19F2NO3/c1-3-15(14-9-4-5-10-16(14)24-18(19)20)21-17(22)12-7-6-8-13(11-12)23-2/h4-11,15,18H,3H2,1-2H3,(H,21,22)/t15-/m1/s1. The summed E-state index contributed by atoms with van der Waals surface area (Å²) in [4.78, 5) is 12.4. The number of halogens is 2. The van der Waals surface area contributed by atoms with Gasteiger partial charge in [0, 0.05) is 11.1 Å². The molecule has 6 heteroatoms. The Hall–Kier alpha value is -2.63. The summed E-state index contributed by atoms with van der Waals surface area (Å²) < 4.78 is 34.8. The number of benzene rings is 2. The zero-order chi connectivity index (χ0) is 17.5. The van der Waals surface area contributed by atoms with Crippen LogP contribution in [0, 0.1) is 0 Å². The van der Waals surface area contributed by atoms with Crippen LogP contribution in [0.15, 0.2) is 48.5 Å². The molecule has 2 aromatic carbocycles. The number of carbonyl (C=O) groups is 1. The maximum atomic E-state index is 12.6. The Morgan fingerprint density at radius 1 is 1.17 bits per heavy atom. The molecule has 1 amide bonds. The molecule has 2 aromatic rings. The SMILES string of the molecule is CC[C@@H](NC(=O)c1cccc(OC)c1)c1ccccc1OC(F)F. The molecule has 0 aliphatic carbocycles. The van der Waals surface area contributed by atoms with Crippen LogP contribution in [-0.2, 0) is 0 Å². The monoisotopic (exact) mass is 335 g/mol. The largest absolute Gasteiger partial charge is 0.497 e. The van der Waals surface area contributed by atoms with Gasteiger partial charge in [-0.15, -0.1) is 0 Å². The second-order valence-corrected chi connectivity index (χ2v) is 5.08. The van der Waals surface area contributed by atoms with E-state index in [2.05, 4.69) is 10.1 Å². The van der Waals surface area contributed by atoms with E-state index in [0.29, 0.717) is 23.3 Å². The minimum absolute atomic E-state index is 0.0605. The van der Waals surface area contributed by atoms with Gasteiger partial charge < -0.3 is 14.8 Å². The van der Waals surface area contributed by atoms with Crippen LogP contribution in [0.4, 0.5) is 8.78 Å². The van der Waals surface area contributed by atoms with Crippen molar-refractivity contribution in [2.24, 2.45) is 0 Å². The number of alkyl halides is 2. The summed E-state index contributed by atoms with van der Waals surface area (Å²) in [6.07, 6.45) is 0.527. The lowest BCUT2D eigenvalue weighted by atomic mass is 10.0. The average Bonchev–Trinajstić information content (AvgIpc) is 2.59. The van der Waals surface area contributed by atoms with Crippen molar-refractivity contribution in [1.29, 1.82) is 0 Å². The minimum Gasteiger partial charge on any atom is -0.497 e. The van der Waals surface area contributed by atoms with Crippen molar-refractivity contribution < 1.29 is 23.0 Å². The normalized spacial score (nSPS) is 11.9. The van der Waals surface area contributed by atoms with Crippen LogP contribution in [-0.4, -0.2) is 19.6 Å². The molecule has 0 saturated heterocycles. The molecule has 0 fully saturated rings. The predicted octanol–water partition coefficient (Wildman–Crippen LogP) is 4.18. The first kappa shape index (κ1) is 17.7. The molecule has 0 aliphatic heterocycles. The number of nitrogens with one attached hydrogen (secondary N) is 1. The smallest absolute Gasteiger partial charge is 0.387 e. The van der Waals surface area contributed by atoms with Crippen molar-refractivity contribution >= 4 is 5.91 Å². The van der Waals surface area contributed by atoms with Crippen LogP contribution >= 0.6 is 0 Å². The number of hydrogen-bond donors (Lipinski definition) is 1. The molecule has 0 spiro atoms. The highest BCUT2D eigenvalue weighted by molar-refractivity contribution is 5.94. The molecular formula is C18H19F2NO3. The Bertz CT molecular complexity index is 691. The molecule has 0 unspecified atom stereocenters. The van der Waals surface area contributed by atoms with Crippen molar-refractivity contribution in [3.05, 3.63) is 59.7 Å². The summed E-state index contributed by atoms with van der Waals surface area (Å²) in [6, 6.07) is 12.7. The maximum absolute atomic E-state index is 12.6. The van der Waals surface area contributed by atoms with E-state index in [0.717, 1.165) is 0 Å². The van der Waals surface area contributed by atoms with Crippen molar-refractivity contribution in [3.8, 4) is 11.5 Å². The second-order valence-electron chi connectivity index (χ2n) is 5.08. The molecule has 0 bridgehead atoms. The number of carbonyl (C=O) groups excluding carboxylic acids is 1. The number of para-hydroxylation sites is 1. The summed E-state index contributed by atoms with van der Waals surface area (Å²) in [5, 5.41) is 2.84. The van der Waals surface area contributed by atoms with Crippen LogP contribution in [0.3, 0.4) is 0 Å². The average molecular weight is 335 g/mol. The third-order valence-corrected chi connectivity index (χ3v) is 3.56. The fraction of sp³-hybridized carbons (Fsp3) is 0.278. The Labute approximate surface area is 139 Å². The van der Waals surface area contributed by atoms with E-state index in [9.17, 15) is 13.6 Å². The van der Waals surface area contributed by atoms with Gasteiger partial charge in [-0.3, -0.25) is 4.79 Å². The van der Waals surface area contributed by atoms with Gasteiger partial charge in [0.1, 0.15) is 11.5 Å². The zero-order valence-corrected chi connectivity index (χ0v) is 13.5. The molecule has 0 heterocycles. The van der Waals surface area contributed by atoms with E-state index >= 15 is 0 Å². The van der Waals surface area contributed by atoms with Gasteiger partial charge in [0.25, 0.3) is 5.91 Å². The first-order valence-corrected chi connectivity index (χ1v) is 7.53. The Balaban J connectivity index is 2.21. The van der Waals surface area contributed by atoms with Crippen LogP contribution in [0.5, 0.6) is 11.5 Å². The Kier molecular flexibility index (Phi) is 6.12. The topological polar surface area (TPSA) is 47.6 Å². The van der Waals surface area contributed by atoms with Gasteiger partial charge in [-0.05, 0) is 30.7 Å². The first-order chi connectivity index (χ1) is 11.5. The van der Waals surface area contributed by atoms with Crippen LogP contribution in [0.25, 0.3) is 0 Å². The number of ether oxygens (including phenoxy) is 2. The molecule has 0 radical (unpaired) electrons. The Morgan fingerprint density at radius 2 is 1.92 bits per heavy atom. The fourth-order valence-electron chi connectivity index (χ4n) is 2.38. The summed E-state index contributed by atoms with van der Waals surface area (Å²) in [5.41, 5.74) is 0.941. The lowest BCUT2D eigenvalue weighted by Gasteiger charge is -2.20. The first-order valence-electron chi connectivity index (χ1n) is 7.53. The highest BCUT2D eigenvalue weighted by Crippen LogP contribution is 2.28. The third kappa shape index (κ3) is 4.44. The zero-order valence-electron chi connectivity index (χ0n) is 13.5.